The van der Waals surface area contributed by atoms with Gasteiger partial charge in [0, 0.05) is 17.5 Å². The van der Waals surface area contributed by atoms with Crippen molar-refractivity contribution < 1.29 is 13.5 Å². The zero-order valence-corrected chi connectivity index (χ0v) is 13.8. The summed E-state index contributed by atoms with van der Waals surface area (Å²) in [6.45, 7) is 3.96. The molecule has 0 spiro atoms. The van der Waals surface area contributed by atoms with E-state index in [0.29, 0.717) is 15.3 Å². The van der Waals surface area contributed by atoms with Crippen molar-refractivity contribution in [2.45, 2.75) is 30.3 Å². The SMILES string of the molecule is CCC(O)CN(C)S(=O)(=O)C1=CC(C)C(I)C=C1. The van der Waals surface area contributed by atoms with Gasteiger partial charge in [0.15, 0.2) is 0 Å². The first kappa shape index (κ1) is 16.1. The molecule has 0 aromatic heterocycles. The first-order chi connectivity index (χ1) is 8.28. The van der Waals surface area contributed by atoms with Crippen LogP contribution >= 0.6 is 22.6 Å². The molecule has 0 saturated heterocycles. The van der Waals surface area contributed by atoms with E-state index in [1.807, 2.05) is 19.9 Å². The Morgan fingerprint density at radius 2 is 2.17 bits per heavy atom. The van der Waals surface area contributed by atoms with Gasteiger partial charge in [-0.05, 0) is 18.4 Å². The molecule has 0 aromatic carbocycles. The highest BCUT2D eigenvalue weighted by molar-refractivity contribution is 14.1. The van der Waals surface area contributed by atoms with Crippen molar-refractivity contribution in [3.8, 4) is 0 Å². The summed E-state index contributed by atoms with van der Waals surface area (Å²) < 4.78 is 26.1. The number of aliphatic hydroxyl groups excluding tert-OH is 1. The van der Waals surface area contributed by atoms with Crippen molar-refractivity contribution >= 4 is 32.6 Å². The number of hydrogen-bond acceptors (Lipinski definition) is 3. The van der Waals surface area contributed by atoms with Crippen LogP contribution in [0.1, 0.15) is 20.3 Å². The van der Waals surface area contributed by atoms with Gasteiger partial charge in [0.2, 0.25) is 10.0 Å². The van der Waals surface area contributed by atoms with E-state index in [9.17, 15) is 13.5 Å². The number of hydrogen-bond donors (Lipinski definition) is 1. The van der Waals surface area contributed by atoms with E-state index in [1.165, 1.54) is 11.4 Å². The first-order valence-electron chi connectivity index (χ1n) is 5.97. The maximum atomic E-state index is 12.3. The number of nitrogens with zero attached hydrogens (tertiary/aromatic N) is 1. The van der Waals surface area contributed by atoms with Crippen LogP contribution in [-0.2, 0) is 10.0 Å². The smallest absolute Gasteiger partial charge is 0.242 e. The first-order valence-corrected chi connectivity index (χ1v) is 8.66. The Hall–Kier alpha value is 0.0800. The highest BCUT2D eigenvalue weighted by Gasteiger charge is 2.26. The monoisotopic (exact) mass is 385 g/mol. The summed E-state index contributed by atoms with van der Waals surface area (Å²) in [4.78, 5) is 0.328. The molecule has 0 saturated carbocycles. The summed E-state index contributed by atoms with van der Waals surface area (Å²) in [6.07, 6.45) is 5.26. The maximum absolute atomic E-state index is 12.3. The second-order valence-electron chi connectivity index (χ2n) is 4.58. The summed E-state index contributed by atoms with van der Waals surface area (Å²) >= 11 is 2.28. The summed E-state index contributed by atoms with van der Waals surface area (Å²) in [7, 11) is -1.98. The average molecular weight is 385 g/mol. The van der Waals surface area contributed by atoms with Crippen molar-refractivity contribution in [2.24, 2.45) is 5.92 Å². The lowest BCUT2D eigenvalue weighted by Gasteiger charge is -2.23. The number of allylic oxidation sites excluding steroid dienone is 3. The van der Waals surface area contributed by atoms with E-state index in [2.05, 4.69) is 22.6 Å². The van der Waals surface area contributed by atoms with Gasteiger partial charge >= 0.3 is 0 Å². The van der Waals surface area contributed by atoms with Gasteiger partial charge in [-0.15, -0.1) is 0 Å². The topological polar surface area (TPSA) is 57.6 Å². The molecule has 3 atom stereocenters. The van der Waals surface area contributed by atoms with Gasteiger partial charge in [-0.25, -0.2) is 8.42 Å². The second-order valence-corrected chi connectivity index (χ2v) is 8.06. The third kappa shape index (κ3) is 3.79. The van der Waals surface area contributed by atoms with Gasteiger partial charge in [-0.1, -0.05) is 48.6 Å². The lowest BCUT2D eigenvalue weighted by molar-refractivity contribution is 0.149. The fourth-order valence-electron chi connectivity index (χ4n) is 1.64. The molecular formula is C12H20INO3S. The van der Waals surface area contributed by atoms with Gasteiger partial charge in [0.05, 0.1) is 11.0 Å². The van der Waals surface area contributed by atoms with Crippen LogP contribution in [0.25, 0.3) is 0 Å². The fraction of sp³-hybridized carbons (Fsp3) is 0.667. The molecule has 104 valence electrons. The van der Waals surface area contributed by atoms with Crippen LogP contribution in [0.5, 0.6) is 0 Å². The summed E-state index contributed by atoms with van der Waals surface area (Å²) in [6, 6.07) is 0. The number of sulfonamides is 1. The Morgan fingerprint density at radius 1 is 1.56 bits per heavy atom. The molecule has 0 radical (unpaired) electrons. The molecule has 0 fully saturated rings. The van der Waals surface area contributed by atoms with Crippen LogP contribution in [-0.4, -0.2) is 41.5 Å². The third-order valence-corrected chi connectivity index (χ3v) is 6.41. The number of alkyl halides is 1. The predicted molar refractivity (Wildman–Crippen MR) is 82.0 cm³/mol. The van der Waals surface area contributed by atoms with Crippen LogP contribution in [0.4, 0.5) is 0 Å². The summed E-state index contributed by atoms with van der Waals surface area (Å²) in [5.74, 6) is 0.199. The van der Waals surface area contributed by atoms with E-state index in [0.717, 1.165) is 0 Å². The largest absolute Gasteiger partial charge is 0.392 e. The van der Waals surface area contributed by atoms with E-state index < -0.39 is 16.1 Å². The molecule has 4 nitrogen and oxygen atoms in total. The third-order valence-electron chi connectivity index (χ3n) is 3.02. The highest BCUT2D eigenvalue weighted by Crippen LogP contribution is 2.27. The van der Waals surface area contributed by atoms with Crippen LogP contribution in [0.2, 0.25) is 0 Å². The molecule has 0 amide bonds. The zero-order valence-electron chi connectivity index (χ0n) is 10.9. The molecule has 1 aliphatic rings. The van der Waals surface area contributed by atoms with Crippen LogP contribution in [0.3, 0.4) is 0 Å². The Labute approximate surface area is 123 Å². The lowest BCUT2D eigenvalue weighted by atomic mass is 10.0. The molecule has 0 aliphatic heterocycles. The van der Waals surface area contributed by atoms with Crippen molar-refractivity contribution in [2.75, 3.05) is 13.6 Å². The molecule has 6 heteroatoms. The van der Waals surface area contributed by atoms with Gasteiger partial charge in [0.1, 0.15) is 0 Å². The van der Waals surface area contributed by atoms with Crippen LogP contribution in [0.15, 0.2) is 23.1 Å². The van der Waals surface area contributed by atoms with E-state index in [4.69, 9.17) is 0 Å². The quantitative estimate of drug-likeness (QED) is 0.581. The van der Waals surface area contributed by atoms with E-state index in [1.54, 1.807) is 12.2 Å². The van der Waals surface area contributed by atoms with Crippen LogP contribution in [0, 0.1) is 5.92 Å². The fourth-order valence-corrected chi connectivity index (χ4v) is 3.43. The molecule has 0 aromatic rings. The molecule has 1 N–H and O–H groups in total. The van der Waals surface area contributed by atoms with Gasteiger partial charge in [-0.2, -0.15) is 4.31 Å². The Morgan fingerprint density at radius 3 is 2.67 bits per heavy atom. The number of aliphatic hydroxyl groups is 1. The van der Waals surface area contributed by atoms with E-state index in [-0.39, 0.29) is 12.5 Å². The Balaban J connectivity index is 2.88. The normalized spacial score (nSPS) is 26.2. The standard InChI is InChI=1S/C12H20INO3S/c1-4-10(15)8-14(3)18(16,17)11-5-6-12(13)9(2)7-11/h5-7,9-10,12,15H,4,8H2,1-3H3. The molecule has 0 bridgehead atoms. The van der Waals surface area contributed by atoms with Crippen molar-refractivity contribution in [1.82, 2.24) is 4.31 Å². The zero-order chi connectivity index (χ0) is 13.9. The second kappa shape index (κ2) is 6.49. The van der Waals surface area contributed by atoms with Crippen molar-refractivity contribution in [3.05, 3.63) is 23.1 Å². The molecule has 1 rings (SSSR count). The summed E-state index contributed by atoms with van der Waals surface area (Å²) in [5, 5.41) is 9.54. The van der Waals surface area contributed by atoms with Gasteiger partial charge < -0.3 is 5.11 Å². The van der Waals surface area contributed by atoms with Crippen molar-refractivity contribution in [1.29, 1.82) is 0 Å². The predicted octanol–water partition coefficient (Wildman–Crippen LogP) is 1.91. The molecule has 1 aliphatic carbocycles. The average Bonchev–Trinajstić information content (AvgIpc) is 2.32. The lowest BCUT2D eigenvalue weighted by Crippen LogP contribution is -2.35. The van der Waals surface area contributed by atoms with E-state index >= 15 is 0 Å². The number of rotatable bonds is 5. The van der Waals surface area contributed by atoms with Gasteiger partial charge in [0.25, 0.3) is 0 Å². The maximum Gasteiger partial charge on any atom is 0.242 e. The minimum atomic E-state index is -3.48. The highest BCUT2D eigenvalue weighted by atomic mass is 127. The number of likely N-dealkylation sites (N-methyl/N-ethyl adjacent to an activating group) is 1. The molecule has 0 heterocycles. The molecular weight excluding hydrogens is 365 g/mol. The Bertz CT molecular complexity index is 444. The summed E-state index contributed by atoms with van der Waals surface area (Å²) in [5.41, 5.74) is 0. The Kier molecular flexibility index (Phi) is 5.82. The minimum absolute atomic E-state index is 0.131. The molecule has 18 heavy (non-hydrogen) atoms. The number of halogens is 1. The molecule has 3 unspecified atom stereocenters. The van der Waals surface area contributed by atoms with Crippen molar-refractivity contribution in [3.63, 3.8) is 0 Å². The van der Waals surface area contributed by atoms with Crippen LogP contribution < -0.4 is 0 Å². The van der Waals surface area contributed by atoms with Gasteiger partial charge in [-0.3, -0.25) is 0 Å². The minimum Gasteiger partial charge on any atom is -0.392 e.